The van der Waals surface area contributed by atoms with Crippen LogP contribution in [0.3, 0.4) is 0 Å². The average Bonchev–Trinajstić information content (AvgIpc) is 2.19. The molecule has 1 atom stereocenters. The van der Waals surface area contributed by atoms with E-state index in [4.69, 9.17) is 0 Å². The van der Waals surface area contributed by atoms with Crippen molar-refractivity contribution in [2.75, 3.05) is 13.1 Å². The van der Waals surface area contributed by atoms with Gasteiger partial charge in [0.15, 0.2) is 0 Å². The minimum absolute atomic E-state index is 0.840. The fourth-order valence-electron chi connectivity index (χ4n) is 2.23. The second-order valence-electron chi connectivity index (χ2n) is 4.44. The summed E-state index contributed by atoms with van der Waals surface area (Å²) < 4.78 is 0. The number of likely N-dealkylation sites (tertiary alicyclic amines) is 1. The van der Waals surface area contributed by atoms with E-state index in [0.29, 0.717) is 0 Å². The number of piperidine rings is 1. The molecule has 0 spiro atoms. The van der Waals surface area contributed by atoms with E-state index in [2.05, 4.69) is 18.7 Å². The number of nitrogens with zero attached hydrogens (tertiary/aromatic N) is 1. The Morgan fingerprint density at radius 1 is 1.08 bits per heavy atom. The quantitative estimate of drug-likeness (QED) is 0.590. The molecule has 13 heavy (non-hydrogen) atoms. The van der Waals surface area contributed by atoms with Gasteiger partial charge in [-0.2, -0.15) is 0 Å². The van der Waals surface area contributed by atoms with Crippen molar-refractivity contribution in [2.45, 2.75) is 64.8 Å². The monoisotopic (exact) mass is 183 g/mol. The Morgan fingerprint density at radius 2 is 1.77 bits per heavy atom. The molecule has 0 aliphatic carbocycles. The molecule has 1 aliphatic heterocycles. The van der Waals surface area contributed by atoms with Gasteiger partial charge >= 0.3 is 0 Å². The normalized spacial score (nSPS) is 21.7. The van der Waals surface area contributed by atoms with Crippen LogP contribution in [0.1, 0.15) is 58.8 Å². The van der Waals surface area contributed by atoms with Crippen molar-refractivity contribution < 1.29 is 0 Å². The van der Waals surface area contributed by atoms with E-state index in [1.807, 2.05) is 0 Å². The van der Waals surface area contributed by atoms with Gasteiger partial charge in [0.05, 0.1) is 0 Å². The first-order valence-electron chi connectivity index (χ1n) is 6.08. The highest BCUT2D eigenvalue weighted by Crippen LogP contribution is 2.15. The van der Waals surface area contributed by atoms with Crippen molar-refractivity contribution >= 4 is 0 Å². The molecule has 0 bridgehead atoms. The average molecular weight is 183 g/mol. The summed E-state index contributed by atoms with van der Waals surface area (Å²) in [6.45, 7) is 7.40. The Hall–Kier alpha value is -0.0400. The van der Waals surface area contributed by atoms with E-state index in [1.54, 1.807) is 0 Å². The van der Waals surface area contributed by atoms with Crippen LogP contribution in [0.15, 0.2) is 0 Å². The van der Waals surface area contributed by atoms with Crippen molar-refractivity contribution in [2.24, 2.45) is 0 Å². The minimum Gasteiger partial charge on any atom is -0.301 e. The molecule has 0 radical (unpaired) electrons. The maximum absolute atomic E-state index is 2.68. The highest BCUT2D eigenvalue weighted by Gasteiger charge is 2.15. The number of hydrogen-bond donors (Lipinski definition) is 0. The Kier molecular flexibility index (Phi) is 5.45. The van der Waals surface area contributed by atoms with Crippen LogP contribution in [0, 0.1) is 0 Å². The first kappa shape index (κ1) is 11.0. The summed E-state index contributed by atoms with van der Waals surface area (Å²) >= 11 is 0. The standard InChI is InChI=1S/C12H25N/c1-3-4-6-9-12(2)13-10-7-5-8-11-13/h12H,3-11H2,1-2H3/t12-/m0/s1. The van der Waals surface area contributed by atoms with Crippen molar-refractivity contribution in [3.05, 3.63) is 0 Å². The first-order chi connectivity index (χ1) is 6.34. The smallest absolute Gasteiger partial charge is 0.00669 e. The van der Waals surface area contributed by atoms with Gasteiger partial charge in [-0.25, -0.2) is 0 Å². The van der Waals surface area contributed by atoms with Gasteiger partial charge in [0.1, 0.15) is 0 Å². The van der Waals surface area contributed by atoms with Crippen LogP contribution < -0.4 is 0 Å². The topological polar surface area (TPSA) is 3.24 Å². The summed E-state index contributed by atoms with van der Waals surface area (Å²) in [7, 11) is 0. The zero-order valence-corrected chi connectivity index (χ0v) is 9.39. The molecule has 1 nitrogen and oxygen atoms in total. The predicted molar refractivity (Wildman–Crippen MR) is 59.0 cm³/mol. The SMILES string of the molecule is CCCCC[C@H](C)N1CCCCC1. The zero-order chi connectivity index (χ0) is 9.52. The summed E-state index contributed by atoms with van der Waals surface area (Å²) in [5, 5.41) is 0. The summed E-state index contributed by atoms with van der Waals surface area (Å²) in [5.74, 6) is 0. The molecular weight excluding hydrogens is 158 g/mol. The van der Waals surface area contributed by atoms with E-state index in [9.17, 15) is 0 Å². The van der Waals surface area contributed by atoms with Crippen molar-refractivity contribution in [3.8, 4) is 0 Å². The molecular formula is C12H25N. The van der Waals surface area contributed by atoms with Gasteiger partial charge in [0, 0.05) is 6.04 Å². The fraction of sp³-hybridized carbons (Fsp3) is 1.00. The van der Waals surface area contributed by atoms with Gasteiger partial charge < -0.3 is 4.90 Å². The molecule has 1 aliphatic rings. The van der Waals surface area contributed by atoms with Gasteiger partial charge in [0.25, 0.3) is 0 Å². The Balaban J connectivity index is 2.09. The van der Waals surface area contributed by atoms with Crippen LogP contribution in [0.4, 0.5) is 0 Å². The Labute approximate surface area is 83.5 Å². The second kappa shape index (κ2) is 6.42. The van der Waals surface area contributed by atoms with Crippen LogP contribution in [-0.2, 0) is 0 Å². The van der Waals surface area contributed by atoms with Gasteiger partial charge in [-0.1, -0.05) is 32.6 Å². The second-order valence-corrected chi connectivity index (χ2v) is 4.44. The molecule has 0 aromatic carbocycles. The number of rotatable bonds is 5. The Morgan fingerprint density at radius 3 is 2.38 bits per heavy atom. The van der Waals surface area contributed by atoms with E-state index in [-0.39, 0.29) is 0 Å². The van der Waals surface area contributed by atoms with Gasteiger partial charge in [0.2, 0.25) is 0 Å². The Bertz CT molecular complexity index is 116. The van der Waals surface area contributed by atoms with Crippen molar-refractivity contribution in [3.63, 3.8) is 0 Å². The minimum atomic E-state index is 0.840. The van der Waals surface area contributed by atoms with Gasteiger partial charge in [-0.15, -0.1) is 0 Å². The maximum atomic E-state index is 2.68. The van der Waals surface area contributed by atoms with Crippen molar-refractivity contribution in [1.29, 1.82) is 0 Å². The predicted octanol–water partition coefficient (Wildman–Crippen LogP) is 3.44. The third-order valence-electron chi connectivity index (χ3n) is 3.24. The summed E-state index contributed by atoms with van der Waals surface area (Å²) in [4.78, 5) is 2.68. The lowest BCUT2D eigenvalue weighted by molar-refractivity contribution is 0.164. The molecule has 0 saturated carbocycles. The lowest BCUT2D eigenvalue weighted by Gasteiger charge is -2.32. The molecule has 1 rings (SSSR count). The highest BCUT2D eigenvalue weighted by atomic mass is 15.1. The van der Waals surface area contributed by atoms with E-state index in [1.165, 1.54) is 58.0 Å². The van der Waals surface area contributed by atoms with Crippen LogP contribution in [0.2, 0.25) is 0 Å². The molecule has 0 aromatic rings. The molecule has 78 valence electrons. The van der Waals surface area contributed by atoms with Gasteiger partial charge in [-0.3, -0.25) is 0 Å². The molecule has 0 N–H and O–H groups in total. The summed E-state index contributed by atoms with van der Waals surface area (Å²) in [5.41, 5.74) is 0. The van der Waals surface area contributed by atoms with E-state index >= 15 is 0 Å². The third-order valence-corrected chi connectivity index (χ3v) is 3.24. The zero-order valence-electron chi connectivity index (χ0n) is 9.39. The molecule has 1 heteroatoms. The molecule has 0 unspecified atom stereocenters. The van der Waals surface area contributed by atoms with Crippen LogP contribution in [-0.4, -0.2) is 24.0 Å². The lowest BCUT2D eigenvalue weighted by Crippen LogP contribution is -2.37. The summed E-state index contributed by atoms with van der Waals surface area (Å²) in [6.07, 6.45) is 9.92. The van der Waals surface area contributed by atoms with Crippen molar-refractivity contribution in [1.82, 2.24) is 4.90 Å². The maximum Gasteiger partial charge on any atom is 0.00669 e. The molecule has 1 fully saturated rings. The summed E-state index contributed by atoms with van der Waals surface area (Å²) in [6, 6.07) is 0.840. The van der Waals surface area contributed by atoms with E-state index in [0.717, 1.165) is 6.04 Å². The molecule has 0 amide bonds. The largest absolute Gasteiger partial charge is 0.301 e. The van der Waals surface area contributed by atoms with Crippen LogP contribution in [0.25, 0.3) is 0 Å². The fourth-order valence-corrected chi connectivity index (χ4v) is 2.23. The van der Waals surface area contributed by atoms with Gasteiger partial charge in [-0.05, 0) is 39.3 Å². The third kappa shape index (κ3) is 4.12. The molecule has 1 heterocycles. The van der Waals surface area contributed by atoms with Crippen LogP contribution in [0.5, 0.6) is 0 Å². The van der Waals surface area contributed by atoms with E-state index < -0.39 is 0 Å². The van der Waals surface area contributed by atoms with Crippen LogP contribution >= 0.6 is 0 Å². The number of unbranched alkanes of at least 4 members (excludes halogenated alkanes) is 2. The number of hydrogen-bond acceptors (Lipinski definition) is 1. The highest BCUT2D eigenvalue weighted by molar-refractivity contribution is 4.71. The molecule has 0 aromatic heterocycles. The lowest BCUT2D eigenvalue weighted by atomic mass is 10.0. The molecule has 1 saturated heterocycles. The first-order valence-corrected chi connectivity index (χ1v) is 6.08.